The van der Waals surface area contributed by atoms with Crippen molar-refractivity contribution in [3.05, 3.63) is 42.1 Å². The van der Waals surface area contributed by atoms with E-state index in [1.807, 2.05) is 37.3 Å². The largest absolute Gasteiger partial charge is 0.369 e. The Hall–Kier alpha value is -1.90. The van der Waals surface area contributed by atoms with Gasteiger partial charge in [-0.15, -0.1) is 0 Å². The zero-order valence-electron chi connectivity index (χ0n) is 9.68. The Morgan fingerprint density at radius 1 is 1.35 bits per heavy atom. The predicted molar refractivity (Wildman–Crippen MR) is 66.4 cm³/mol. The first kappa shape index (κ1) is 10.3. The van der Waals surface area contributed by atoms with Crippen molar-refractivity contribution >= 4 is 16.8 Å². The number of hydrogen-bond acceptors (Lipinski definition) is 2. The lowest BCUT2D eigenvalue weighted by Gasteiger charge is -2.06. The van der Waals surface area contributed by atoms with Crippen molar-refractivity contribution in [1.82, 2.24) is 4.98 Å². The van der Waals surface area contributed by atoms with Crippen molar-refractivity contribution in [2.75, 3.05) is 0 Å². The van der Waals surface area contributed by atoms with E-state index in [4.69, 9.17) is 5.73 Å². The van der Waals surface area contributed by atoms with E-state index in [0.717, 1.165) is 23.0 Å². The number of rotatable bonds is 2. The standard InChI is InChI=1S/C14H14N2O/c1-14(13(15)17)8-10(14)12-7-6-9-4-2-3-5-11(9)16-12/h2-7,10H,8H2,1H3,(H2,15,17). The molecule has 86 valence electrons. The third kappa shape index (κ3) is 1.50. The number of nitrogens with two attached hydrogens (primary N) is 1. The smallest absolute Gasteiger partial charge is 0.224 e. The zero-order valence-corrected chi connectivity index (χ0v) is 9.68. The molecule has 1 aromatic carbocycles. The number of carbonyl (C=O) groups is 1. The molecule has 1 heterocycles. The maximum atomic E-state index is 11.3. The van der Waals surface area contributed by atoms with Gasteiger partial charge in [0, 0.05) is 17.0 Å². The molecule has 1 aliphatic rings. The summed E-state index contributed by atoms with van der Waals surface area (Å²) in [5, 5.41) is 1.12. The number of hydrogen-bond donors (Lipinski definition) is 1. The fourth-order valence-electron chi connectivity index (χ4n) is 2.34. The Morgan fingerprint density at radius 2 is 2.12 bits per heavy atom. The van der Waals surface area contributed by atoms with Crippen LogP contribution in [0.5, 0.6) is 0 Å². The van der Waals surface area contributed by atoms with Crippen molar-refractivity contribution < 1.29 is 4.79 Å². The van der Waals surface area contributed by atoms with Crippen LogP contribution in [0.4, 0.5) is 0 Å². The van der Waals surface area contributed by atoms with Gasteiger partial charge >= 0.3 is 0 Å². The number of carbonyl (C=O) groups excluding carboxylic acids is 1. The van der Waals surface area contributed by atoms with Crippen molar-refractivity contribution in [3.8, 4) is 0 Å². The van der Waals surface area contributed by atoms with E-state index in [9.17, 15) is 4.79 Å². The zero-order chi connectivity index (χ0) is 12.0. The molecule has 0 bridgehead atoms. The van der Waals surface area contributed by atoms with Crippen LogP contribution in [0.3, 0.4) is 0 Å². The summed E-state index contributed by atoms with van der Waals surface area (Å²) in [6, 6.07) is 12.0. The second-order valence-electron chi connectivity index (χ2n) is 4.97. The Morgan fingerprint density at radius 3 is 2.82 bits per heavy atom. The summed E-state index contributed by atoms with van der Waals surface area (Å²) in [5.41, 5.74) is 6.96. The van der Waals surface area contributed by atoms with Crippen molar-refractivity contribution in [2.45, 2.75) is 19.3 Å². The van der Waals surface area contributed by atoms with Crippen LogP contribution in [-0.4, -0.2) is 10.9 Å². The summed E-state index contributed by atoms with van der Waals surface area (Å²) in [5.74, 6) is -0.0398. The molecule has 0 saturated heterocycles. The second kappa shape index (κ2) is 3.29. The summed E-state index contributed by atoms with van der Waals surface area (Å²) < 4.78 is 0. The maximum Gasteiger partial charge on any atom is 0.224 e. The fraction of sp³-hybridized carbons (Fsp3) is 0.286. The quantitative estimate of drug-likeness (QED) is 0.853. The Kier molecular flexibility index (Phi) is 1.99. The van der Waals surface area contributed by atoms with Crippen LogP contribution in [0.25, 0.3) is 10.9 Å². The molecular weight excluding hydrogens is 212 g/mol. The number of amides is 1. The van der Waals surface area contributed by atoms with Crippen LogP contribution in [0, 0.1) is 5.41 Å². The topological polar surface area (TPSA) is 56.0 Å². The molecule has 3 heteroatoms. The number of para-hydroxylation sites is 1. The Labute approximate surface area is 99.7 Å². The van der Waals surface area contributed by atoms with E-state index in [2.05, 4.69) is 11.1 Å². The van der Waals surface area contributed by atoms with E-state index >= 15 is 0 Å². The molecule has 1 saturated carbocycles. The highest BCUT2D eigenvalue weighted by atomic mass is 16.1. The van der Waals surface area contributed by atoms with E-state index in [1.165, 1.54) is 0 Å². The number of fused-ring (bicyclic) bond motifs is 1. The first-order valence-corrected chi connectivity index (χ1v) is 5.77. The molecule has 3 nitrogen and oxygen atoms in total. The minimum atomic E-state index is -0.393. The Balaban J connectivity index is 2.01. The molecule has 0 radical (unpaired) electrons. The number of benzene rings is 1. The molecule has 1 fully saturated rings. The Bertz CT molecular complexity index is 608. The van der Waals surface area contributed by atoms with Crippen LogP contribution < -0.4 is 5.73 Å². The van der Waals surface area contributed by atoms with E-state index in [1.54, 1.807) is 0 Å². The summed E-state index contributed by atoms with van der Waals surface area (Å²) in [6.07, 6.45) is 0.813. The van der Waals surface area contributed by atoms with E-state index < -0.39 is 5.41 Å². The molecule has 17 heavy (non-hydrogen) atoms. The van der Waals surface area contributed by atoms with Gasteiger partial charge in [-0.1, -0.05) is 31.2 Å². The van der Waals surface area contributed by atoms with Gasteiger partial charge in [-0.2, -0.15) is 0 Å². The lowest BCUT2D eigenvalue weighted by atomic mass is 10.0. The third-order valence-corrected chi connectivity index (χ3v) is 3.78. The normalized spacial score (nSPS) is 27.0. The van der Waals surface area contributed by atoms with Gasteiger partial charge in [0.2, 0.25) is 5.91 Å². The average molecular weight is 226 g/mol. The van der Waals surface area contributed by atoms with Crippen LogP contribution in [0.2, 0.25) is 0 Å². The van der Waals surface area contributed by atoms with Gasteiger partial charge in [0.25, 0.3) is 0 Å². The number of pyridine rings is 1. The van der Waals surface area contributed by atoms with Crippen LogP contribution >= 0.6 is 0 Å². The lowest BCUT2D eigenvalue weighted by Crippen LogP contribution is -2.23. The maximum absolute atomic E-state index is 11.3. The van der Waals surface area contributed by atoms with Gasteiger partial charge in [-0.25, -0.2) is 0 Å². The lowest BCUT2D eigenvalue weighted by molar-refractivity contribution is -0.122. The van der Waals surface area contributed by atoms with Gasteiger partial charge < -0.3 is 5.73 Å². The monoisotopic (exact) mass is 226 g/mol. The molecule has 2 unspecified atom stereocenters. The van der Waals surface area contributed by atoms with E-state index in [-0.39, 0.29) is 11.8 Å². The number of aromatic nitrogens is 1. The molecule has 2 aromatic rings. The highest BCUT2D eigenvalue weighted by molar-refractivity contribution is 5.85. The number of nitrogens with zero attached hydrogens (tertiary/aromatic N) is 1. The predicted octanol–water partition coefficient (Wildman–Crippen LogP) is 2.21. The average Bonchev–Trinajstić information content (AvgIpc) is 3.03. The fourth-order valence-corrected chi connectivity index (χ4v) is 2.34. The SMILES string of the molecule is CC1(C(N)=O)CC1c1ccc2ccccc2n1. The highest BCUT2D eigenvalue weighted by Crippen LogP contribution is 2.58. The first-order valence-electron chi connectivity index (χ1n) is 5.77. The summed E-state index contributed by atoms with van der Waals surface area (Å²) >= 11 is 0. The molecule has 2 N–H and O–H groups in total. The minimum Gasteiger partial charge on any atom is -0.369 e. The van der Waals surface area contributed by atoms with Gasteiger partial charge in [0.05, 0.1) is 10.9 Å². The molecule has 1 aliphatic carbocycles. The number of primary amides is 1. The molecule has 1 amide bonds. The summed E-state index contributed by atoms with van der Waals surface area (Å²) in [7, 11) is 0. The van der Waals surface area contributed by atoms with Crippen LogP contribution in [0.15, 0.2) is 36.4 Å². The summed E-state index contributed by atoms with van der Waals surface area (Å²) in [4.78, 5) is 15.9. The molecule has 1 aromatic heterocycles. The molecule has 2 atom stereocenters. The second-order valence-corrected chi connectivity index (χ2v) is 4.97. The minimum absolute atomic E-state index is 0.185. The van der Waals surface area contributed by atoms with Crippen molar-refractivity contribution in [1.29, 1.82) is 0 Å². The van der Waals surface area contributed by atoms with Crippen molar-refractivity contribution in [3.63, 3.8) is 0 Å². The molecule has 0 aliphatic heterocycles. The molecule has 0 spiro atoms. The highest BCUT2D eigenvalue weighted by Gasteiger charge is 2.56. The summed E-state index contributed by atoms with van der Waals surface area (Å²) in [6.45, 7) is 1.91. The third-order valence-electron chi connectivity index (χ3n) is 3.78. The van der Waals surface area contributed by atoms with Crippen LogP contribution in [-0.2, 0) is 4.79 Å². The van der Waals surface area contributed by atoms with Gasteiger partial charge in [0.15, 0.2) is 0 Å². The molecule has 3 rings (SSSR count). The van der Waals surface area contributed by atoms with E-state index in [0.29, 0.717) is 0 Å². The van der Waals surface area contributed by atoms with Gasteiger partial charge in [-0.3, -0.25) is 9.78 Å². The first-order chi connectivity index (χ1) is 8.11. The van der Waals surface area contributed by atoms with Crippen LogP contribution in [0.1, 0.15) is 25.0 Å². The van der Waals surface area contributed by atoms with Gasteiger partial charge in [0.1, 0.15) is 0 Å². The van der Waals surface area contributed by atoms with Gasteiger partial charge in [-0.05, 0) is 18.6 Å². The van der Waals surface area contributed by atoms with Crippen molar-refractivity contribution in [2.24, 2.45) is 11.1 Å². The molecular formula is C14H14N2O.